The minimum absolute atomic E-state index is 0.0835. The third kappa shape index (κ3) is 4.60. The van der Waals surface area contributed by atoms with Gasteiger partial charge in [-0.15, -0.1) is 0 Å². The van der Waals surface area contributed by atoms with Crippen molar-refractivity contribution in [2.75, 3.05) is 13.1 Å². The molecular formula is C20H24F3NO. The number of benzene rings is 1. The van der Waals surface area contributed by atoms with E-state index in [-0.39, 0.29) is 23.5 Å². The van der Waals surface area contributed by atoms with Crippen LogP contribution in [0.5, 0.6) is 0 Å². The molecule has 1 fully saturated rings. The van der Waals surface area contributed by atoms with Gasteiger partial charge in [-0.25, -0.2) is 0 Å². The summed E-state index contributed by atoms with van der Waals surface area (Å²) in [6.45, 7) is 8.84. The third-order valence-electron chi connectivity index (χ3n) is 4.94. The van der Waals surface area contributed by atoms with Crippen LogP contribution in [0.15, 0.2) is 48.6 Å². The summed E-state index contributed by atoms with van der Waals surface area (Å²) < 4.78 is 38.1. The van der Waals surface area contributed by atoms with Crippen molar-refractivity contribution in [1.82, 2.24) is 5.32 Å². The molecule has 2 rings (SSSR count). The van der Waals surface area contributed by atoms with Gasteiger partial charge >= 0.3 is 6.18 Å². The van der Waals surface area contributed by atoms with Crippen LogP contribution in [0.3, 0.4) is 0 Å². The predicted molar refractivity (Wildman–Crippen MR) is 93.3 cm³/mol. The summed E-state index contributed by atoms with van der Waals surface area (Å²) in [5, 5.41) is 3.20. The van der Waals surface area contributed by atoms with Gasteiger partial charge in [0.15, 0.2) is 0 Å². The second kappa shape index (κ2) is 8.00. The largest absolute Gasteiger partial charge is 0.416 e. The van der Waals surface area contributed by atoms with Gasteiger partial charge in [-0.3, -0.25) is 4.79 Å². The first kappa shape index (κ1) is 19.4. The Morgan fingerprint density at radius 1 is 1.32 bits per heavy atom. The van der Waals surface area contributed by atoms with Gasteiger partial charge in [-0.1, -0.05) is 37.8 Å². The summed E-state index contributed by atoms with van der Waals surface area (Å²) >= 11 is 0. The zero-order valence-corrected chi connectivity index (χ0v) is 14.6. The number of rotatable bonds is 6. The molecule has 136 valence electrons. The molecule has 1 aliphatic rings. The molecule has 0 aliphatic carbocycles. The Bertz CT molecular complexity index is 646. The van der Waals surface area contributed by atoms with Gasteiger partial charge < -0.3 is 5.32 Å². The number of nitrogens with one attached hydrogen (secondary N) is 1. The Hall–Kier alpha value is -1.88. The highest BCUT2D eigenvalue weighted by Crippen LogP contribution is 2.34. The van der Waals surface area contributed by atoms with E-state index in [0.717, 1.165) is 23.3 Å². The highest BCUT2D eigenvalue weighted by Gasteiger charge is 2.35. The molecule has 2 nitrogen and oxygen atoms in total. The minimum Gasteiger partial charge on any atom is -0.315 e. The quantitative estimate of drug-likeness (QED) is 0.750. The van der Waals surface area contributed by atoms with E-state index in [9.17, 15) is 18.0 Å². The number of allylic oxidation sites excluding steroid dienone is 3. The molecule has 1 saturated heterocycles. The lowest BCUT2D eigenvalue weighted by Crippen LogP contribution is -2.24. The van der Waals surface area contributed by atoms with E-state index < -0.39 is 11.7 Å². The number of alkyl halides is 3. The molecule has 0 spiro atoms. The fourth-order valence-corrected chi connectivity index (χ4v) is 3.46. The smallest absolute Gasteiger partial charge is 0.315 e. The number of carbonyl (C=O) groups excluding carboxylic acids is 1. The molecular weight excluding hydrogens is 327 g/mol. The second-order valence-corrected chi connectivity index (χ2v) is 6.56. The van der Waals surface area contributed by atoms with Crippen molar-refractivity contribution in [2.45, 2.75) is 32.4 Å². The van der Waals surface area contributed by atoms with Crippen LogP contribution in [0.2, 0.25) is 0 Å². The maximum atomic E-state index is 12.7. The number of hydrogen-bond donors (Lipinski definition) is 1. The SMILES string of the molecule is C=CC(=CC)C(C)CC(=O)C1CNCC1c1ccc(C(F)(F)F)cc1. The van der Waals surface area contributed by atoms with Crippen molar-refractivity contribution in [3.05, 3.63) is 59.7 Å². The zero-order valence-electron chi connectivity index (χ0n) is 14.6. The predicted octanol–water partition coefficient (Wildman–Crippen LogP) is 4.74. The van der Waals surface area contributed by atoms with Crippen LogP contribution in [0.25, 0.3) is 0 Å². The lowest BCUT2D eigenvalue weighted by Gasteiger charge is -2.21. The molecule has 1 heterocycles. The van der Waals surface area contributed by atoms with Gasteiger partial charge in [0, 0.05) is 31.3 Å². The van der Waals surface area contributed by atoms with Crippen molar-refractivity contribution >= 4 is 5.78 Å². The Labute approximate surface area is 146 Å². The Morgan fingerprint density at radius 2 is 1.96 bits per heavy atom. The van der Waals surface area contributed by atoms with E-state index in [0.29, 0.717) is 19.5 Å². The summed E-state index contributed by atoms with van der Waals surface area (Å²) in [5.74, 6) is -0.0608. The first-order chi connectivity index (χ1) is 11.8. The molecule has 0 saturated carbocycles. The number of Topliss-reactive ketones (excluding diaryl/α,β-unsaturated/α-hetero) is 1. The van der Waals surface area contributed by atoms with Crippen LogP contribution in [0.1, 0.15) is 37.3 Å². The van der Waals surface area contributed by atoms with Gasteiger partial charge in [0.1, 0.15) is 5.78 Å². The van der Waals surface area contributed by atoms with E-state index in [2.05, 4.69) is 11.9 Å². The maximum absolute atomic E-state index is 12.7. The lowest BCUT2D eigenvalue weighted by atomic mass is 9.82. The van der Waals surface area contributed by atoms with E-state index >= 15 is 0 Å². The number of halogens is 3. The van der Waals surface area contributed by atoms with Gasteiger partial charge in [0.05, 0.1) is 5.56 Å². The highest BCUT2D eigenvalue weighted by atomic mass is 19.4. The molecule has 0 amide bonds. The Balaban J connectivity index is 2.11. The van der Waals surface area contributed by atoms with Gasteiger partial charge in [0.25, 0.3) is 0 Å². The van der Waals surface area contributed by atoms with Crippen LogP contribution in [-0.4, -0.2) is 18.9 Å². The fourth-order valence-electron chi connectivity index (χ4n) is 3.46. The van der Waals surface area contributed by atoms with Crippen LogP contribution in [0, 0.1) is 11.8 Å². The van der Waals surface area contributed by atoms with Gasteiger partial charge in [-0.05, 0) is 36.1 Å². The Morgan fingerprint density at radius 3 is 2.48 bits per heavy atom. The summed E-state index contributed by atoms with van der Waals surface area (Å²) in [6, 6.07) is 5.16. The topological polar surface area (TPSA) is 29.1 Å². The monoisotopic (exact) mass is 351 g/mol. The average Bonchev–Trinajstić information content (AvgIpc) is 3.05. The molecule has 5 heteroatoms. The summed E-state index contributed by atoms with van der Waals surface area (Å²) in [5.41, 5.74) is 1.15. The summed E-state index contributed by atoms with van der Waals surface area (Å²) in [6.07, 6.45) is -0.219. The molecule has 1 aliphatic heterocycles. The molecule has 25 heavy (non-hydrogen) atoms. The van der Waals surface area contributed by atoms with Crippen molar-refractivity contribution in [3.63, 3.8) is 0 Å². The van der Waals surface area contributed by atoms with E-state index in [4.69, 9.17) is 0 Å². The van der Waals surface area contributed by atoms with Crippen molar-refractivity contribution < 1.29 is 18.0 Å². The van der Waals surface area contributed by atoms with Crippen molar-refractivity contribution in [2.24, 2.45) is 11.8 Å². The first-order valence-electron chi connectivity index (χ1n) is 8.47. The average molecular weight is 351 g/mol. The number of carbonyl (C=O) groups is 1. The van der Waals surface area contributed by atoms with Crippen molar-refractivity contribution in [1.29, 1.82) is 0 Å². The molecule has 3 unspecified atom stereocenters. The first-order valence-corrected chi connectivity index (χ1v) is 8.47. The number of ketones is 1. The molecule has 0 bridgehead atoms. The molecule has 0 radical (unpaired) electrons. The van der Waals surface area contributed by atoms with E-state index in [1.165, 1.54) is 12.1 Å². The van der Waals surface area contributed by atoms with Crippen LogP contribution < -0.4 is 5.32 Å². The summed E-state index contributed by atoms with van der Waals surface area (Å²) in [7, 11) is 0. The molecule has 1 aromatic rings. The zero-order chi connectivity index (χ0) is 18.6. The van der Waals surface area contributed by atoms with Crippen LogP contribution >= 0.6 is 0 Å². The summed E-state index contributed by atoms with van der Waals surface area (Å²) in [4.78, 5) is 12.7. The molecule has 0 aromatic heterocycles. The van der Waals surface area contributed by atoms with Gasteiger partial charge in [-0.2, -0.15) is 13.2 Å². The minimum atomic E-state index is -4.34. The van der Waals surface area contributed by atoms with E-state index in [1.54, 1.807) is 6.08 Å². The molecule has 3 atom stereocenters. The maximum Gasteiger partial charge on any atom is 0.416 e. The van der Waals surface area contributed by atoms with Crippen molar-refractivity contribution in [3.8, 4) is 0 Å². The van der Waals surface area contributed by atoms with Gasteiger partial charge in [0.2, 0.25) is 0 Å². The lowest BCUT2D eigenvalue weighted by molar-refractivity contribution is -0.137. The number of hydrogen-bond acceptors (Lipinski definition) is 2. The third-order valence-corrected chi connectivity index (χ3v) is 4.94. The fraction of sp³-hybridized carbons (Fsp3) is 0.450. The standard InChI is InChI=1S/C20H24F3NO/c1-4-14(5-2)13(3)10-19(25)18-12-24-11-17(18)15-6-8-16(9-7-15)20(21,22)23/h4-9,13,17-18,24H,1,10-12H2,2-3H3. The normalized spacial score (nSPS) is 22.7. The van der Waals surface area contributed by atoms with Crippen LogP contribution in [-0.2, 0) is 11.0 Å². The molecule has 1 N–H and O–H groups in total. The Kier molecular flexibility index (Phi) is 6.22. The van der Waals surface area contributed by atoms with Crippen LogP contribution in [0.4, 0.5) is 13.2 Å². The highest BCUT2D eigenvalue weighted by molar-refractivity contribution is 5.83. The second-order valence-electron chi connectivity index (χ2n) is 6.56. The molecule has 1 aromatic carbocycles. The van der Waals surface area contributed by atoms with E-state index in [1.807, 2.05) is 19.9 Å².